The first-order valence-electron chi connectivity index (χ1n) is 16.5. The van der Waals surface area contributed by atoms with Crippen molar-refractivity contribution in [1.82, 2.24) is 15.0 Å². The second-order valence-electron chi connectivity index (χ2n) is 13.1. The molecule has 0 fully saturated rings. The maximum Gasteiger partial charge on any atom is 0.137 e. The van der Waals surface area contributed by atoms with Gasteiger partial charge in [0.2, 0.25) is 0 Å². The van der Waals surface area contributed by atoms with E-state index in [-0.39, 0.29) is 8.80 Å². The molecule has 2 aromatic rings. The Labute approximate surface area is 244 Å². The Morgan fingerprint density at radius 2 is 1.18 bits per heavy atom. The first-order chi connectivity index (χ1) is 18.9. The molecule has 0 spiro atoms. The number of hydrogen-bond acceptors (Lipinski definition) is 2. The number of nitrogens with zero attached hydrogens (tertiary/aromatic N) is 4. The van der Waals surface area contributed by atoms with Gasteiger partial charge in [-0.25, -0.2) is 4.68 Å². The molecule has 0 amide bonds. The first-order valence-corrected chi connectivity index (χ1v) is 19.2. The fourth-order valence-electron chi connectivity index (χ4n) is 5.49. The van der Waals surface area contributed by atoms with Gasteiger partial charge in [0.05, 0.1) is 33.4 Å². The monoisotopic (exact) mass is 554 g/mol. The standard InChI is InChI=1S/C34H62N4Si/c1-6-7-8-9-10-11-12-13-14-15-16-17-18-19-20-21-27-38(2,3)31-34-30-37(36-35-34)29-33-24-22-32(23-25-33)26-28-39(4)5/h22-25,30H,6-21,26-29,31H2,1-5H3/q+1. The van der Waals surface area contributed by atoms with Gasteiger partial charge in [0.1, 0.15) is 12.2 Å². The molecule has 0 saturated carbocycles. The minimum Gasteiger partial charge on any atom is -0.323 e. The first kappa shape index (κ1) is 33.7. The van der Waals surface area contributed by atoms with Crippen molar-refractivity contribution in [2.75, 3.05) is 20.6 Å². The van der Waals surface area contributed by atoms with E-state index in [9.17, 15) is 0 Å². The highest BCUT2D eigenvalue weighted by Gasteiger charge is 2.18. The maximum absolute atomic E-state index is 4.49. The van der Waals surface area contributed by atoms with Gasteiger partial charge in [-0.05, 0) is 30.4 Å². The van der Waals surface area contributed by atoms with E-state index in [1.54, 1.807) is 0 Å². The second kappa shape index (κ2) is 20.4. The molecule has 0 bridgehead atoms. The second-order valence-corrected chi connectivity index (χ2v) is 16.0. The molecule has 1 radical (unpaired) electrons. The fourth-order valence-corrected chi connectivity index (χ4v) is 6.28. The van der Waals surface area contributed by atoms with Gasteiger partial charge in [-0.2, -0.15) is 0 Å². The average molecular weight is 555 g/mol. The predicted octanol–water partition coefficient (Wildman–Crippen LogP) is 9.46. The van der Waals surface area contributed by atoms with Crippen LogP contribution >= 0.6 is 0 Å². The van der Waals surface area contributed by atoms with E-state index in [0.29, 0.717) is 0 Å². The van der Waals surface area contributed by atoms with Crippen molar-refractivity contribution >= 4 is 8.80 Å². The summed E-state index contributed by atoms with van der Waals surface area (Å²) >= 11 is 0. The smallest absolute Gasteiger partial charge is 0.137 e. The number of hydrogen-bond donors (Lipinski definition) is 0. The molecule has 4 nitrogen and oxygen atoms in total. The molecule has 0 aliphatic heterocycles. The third-order valence-corrected chi connectivity index (χ3v) is 9.32. The average Bonchev–Trinajstić information content (AvgIpc) is 3.33. The summed E-state index contributed by atoms with van der Waals surface area (Å²) in [5.74, 6) is 0. The number of rotatable bonds is 24. The molecular formula is C34H62N4Si+. The summed E-state index contributed by atoms with van der Waals surface area (Å²) in [7, 11) is 4.53. The fraction of sp³-hybridized carbons (Fsp3) is 0.765. The molecule has 2 rings (SSSR count). The number of benzene rings is 1. The number of aryl methyl sites for hydroxylation is 1. The van der Waals surface area contributed by atoms with Gasteiger partial charge in [0, 0.05) is 8.80 Å². The minimum atomic E-state index is -0.146. The summed E-state index contributed by atoms with van der Waals surface area (Å²) in [6.07, 6.45) is 26.2. The topological polar surface area (TPSA) is 30.7 Å². The summed E-state index contributed by atoms with van der Waals surface area (Å²) in [6.45, 7) is 10.1. The molecule has 0 N–H and O–H groups in total. The Morgan fingerprint density at radius 3 is 1.69 bits per heavy atom. The van der Waals surface area contributed by atoms with Gasteiger partial charge in [0.25, 0.3) is 0 Å². The van der Waals surface area contributed by atoms with Crippen molar-refractivity contribution in [3.63, 3.8) is 0 Å². The molecular weight excluding hydrogens is 492 g/mol. The SMILES string of the molecule is CCCCCCCCCCCCCCCCCC[N+](C)(C)Cc1cn(Cc2ccc(CC[Si](C)C)cc2)nn1. The van der Waals surface area contributed by atoms with E-state index in [2.05, 4.69) is 74.9 Å². The summed E-state index contributed by atoms with van der Waals surface area (Å²) in [5.41, 5.74) is 3.86. The summed E-state index contributed by atoms with van der Waals surface area (Å²) in [6, 6.07) is 10.4. The Kier molecular flexibility index (Phi) is 17.7. The molecule has 1 heterocycles. The van der Waals surface area contributed by atoms with Crippen molar-refractivity contribution < 1.29 is 4.48 Å². The van der Waals surface area contributed by atoms with Crippen molar-refractivity contribution in [3.8, 4) is 0 Å². The van der Waals surface area contributed by atoms with Gasteiger partial charge >= 0.3 is 0 Å². The maximum atomic E-state index is 4.49. The van der Waals surface area contributed by atoms with E-state index < -0.39 is 0 Å². The van der Waals surface area contributed by atoms with Crippen LogP contribution in [0.4, 0.5) is 0 Å². The van der Waals surface area contributed by atoms with Gasteiger partial charge in [-0.15, -0.1) is 5.10 Å². The van der Waals surface area contributed by atoms with Crippen LogP contribution < -0.4 is 0 Å². The Hall–Kier alpha value is -1.46. The molecule has 5 heteroatoms. The van der Waals surface area contributed by atoms with Crippen LogP contribution in [0.15, 0.2) is 30.5 Å². The highest BCUT2D eigenvalue weighted by atomic mass is 28.3. The zero-order chi connectivity index (χ0) is 28.2. The van der Waals surface area contributed by atoms with Gasteiger partial charge in [0.15, 0.2) is 0 Å². The Morgan fingerprint density at radius 1 is 0.692 bits per heavy atom. The summed E-state index contributed by atoms with van der Waals surface area (Å²) in [4.78, 5) is 0. The van der Waals surface area contributed by atoms with Crippen molar-refractivity contribution in [3.05, 3.63) is 47.3 Å². The molecule has 0 aliphatic carbocycles. The van der Waals surface area contributed by atoms with Crippen LogP contribution in [0.2, 0.25) is 19.1 Å². The number of aromatic nitrogens is 3. The molecule has 221 valence electrons. The Balaban J connectivity index is 1.49. The van der Waals surface area contributed by atoms with Crippen LogP contribution in [0, 0.1) is 0 Å². The third-order valence-electron chi connectivity index (χ3n) is 8.07. The summed E-state index contributed by atoms with van der Waals surface area (Å²) < 4.78 is 2.99. The quantitative estimate of drug-likeness (QED) is 0.0735. The lowest BCUT2D eigenvalue weighted by Crippen LogP contribution is -2.39. The number of quaternary nitrogens is 1. The van der Waals surface area contributed by atoms with E-state index >= 15 is 0 Å². The highest BCUT2D eigenvalue weighted by molar-refractivity contribution is 6.55. The molecule has 39 heavy (non-hydrogen) atoms. The number of unbranched alkanes of at least 4 members (excludes halogenated alkanes) is 15. The minimum absolute atomic E-state index is 0.146. The van der Waals surface area contributed by atoms with Crippen molar-refractivity contribution in [1.29, 1.82) is 0 Å². The van der Waals surface area contributed by atoms with E-state index in [1.807, 2.05) is 4.68 Å². The lowest BCUT2D eigenvalue weighted by molar-refractivity contribution is -0.904. The molecule has 0 saturated heterocycles. The van der Waals surface area contributed by atoms with Crippen LogP contribution in [0.1, 0.15) is 126 Å². The van der Waals surface area contributed by atoms with E-state index in [4.69, 9.17) is 0 Å². The van der Waals surface area contributed by atoms with Crippen molar-refractivity contribution in [2.45, 2.75) is 148 Å². The van der Waals surface area contributed by atoms with Gasteiger partial charge < -0.3 is 4.48 Å². The Bertz CT molecular complexity index is 843. The molecule has 0 atom stereocenters. The molecule has 0 aliphatic rings. The lowest BCUT2D eigenvalue weighted by Gasteiger charge is -2.28. The largest absolute Gasteiger partial charge is 0.323 e. The summed E-state index contributed by atoms with van der Waals surface area (Å²) in [5, 5.41) is 8.91. The van der Waals surface area contributed by atoms with Crippen LogP contribution in [0.25, 0.3) is 0 Å². The van der Waals surface area contributed by atoms with Gasteiger partial charge in [-0.3, -0.25) is 0 Å². The highest BCUT2D eigenvalue weighted by Crippen LogP contribution is 2.15. The van der Waals surface area contributed by atoms with Crippen LogP contribution in [0.3, 0.4) is 0 Å². The zero-order valence-corrected chi connectivity index (χ0v) is 27.5. The van der Waals surface area contributed by atoms with E-state index in [1.165, 1.54) is 133 Å². The third kappa shape index (κ3) is 17.1. The molecule has 1 aromatic heterocycles. The zero-order valence-electron chi connectivity index (χ0n) is 26.5. The lowest BCUT2D eigenvalue weighted by atomic mass is 10.0. The normalized spacial score (nSPS) is 12.1. The molecule has 1 aromatic carbocycles. The van der Waals surface area contributed by atoms with Crippen molar-refractivity contribution in [2.24, 2.45) is 0 Å². The van der Waals surface area contributed by atoms with Crippen LogP contribution in [0.5, 0.6) is 0 Å². The van der Waals surface area contributed by atoms with E-state index in [0.717, 1.165) is 23.3 Å². The predicted molar refractivity (Wildman–Crippen MR) is 172 cm³/mol. The van der Waals surface area contributed by atoms with Crippen LogP contribution in [-0.4, -0.2) is 48.9 Å². The van der Waals surface area contributed by atoms with Gasteiger partial charge in [-0.1, -0.05) is 145 Å². The molecule has 0 unspecified atom stereocenters. The van der Waals surface area contributed by atoms with Crippen LogP contribution in [-0.2, 0) is 19.5 Å².